The smallest absolute Gasteiger partial charge is 0.140 e. The number of para-hydroxylation sites is 3. The van der Waals surface area contributed by atoms with E-state index < -0.39 is 0 Å². The van der Waals surface area contributed by atoms with Crippen molar-refractivity contribution in [3.05, 3.63) is 217 Å². The number of hydrazine groups is 1. The third kappa shape index (κ3) is 6.06. The minimum absolute atomic E-state index is 0.353. The Balaban J connectivity index is 1.02. The molecule has 268 valence electrons. The Hall–Kier alpha value is -7.05. The monoisotopic (exact) mass is 721 g/mol. The average molecular weight is 722 g/mol. The third-order valence-electron chi connectivity index (χ3n) is 10.8. The molecule has 10 aromatic rings. The lowest BCUT2D eigenvalue weighted by Gasteiger charge is -2.25. The largest absolute Gasteiger partial charge is 0.309 e. The zero-order valence-corrected chi connectivity index (χ0v) is 30.8. The van der Waals surface area contributed by atoms with Gasteiger partial charge in [-0.3, -0.25) is 10.8 Å². The van der Waals surface area contributed by atoms with Crippen molar-refractivity contribution in [2.24, 2.45) is 10.8 Å². The van der Waals surface area contributed by atoms with E-state index in [4.69, 9.17) is 10.8 Å². The number of nitrogens with two attached hydrogens (primary N) is 1. The fraction of sp³-hybridized carbons (Fsp3) is 0.0392. The number of aromatic nitrogens is 2. The molecule has 0 fully saturated rings. The van der Waals surface area contributed by atoms with Crippen molar-refractivity contribution >= 4 is 49.8 Å². The van der Waals surface area contributed by atoms with E-state index in [9.17, 15) is 0 Å². The first kappa shape index (κ1) is 33.5. The molecule has 0 radical (unpaired) electrons. The zero-order chi connectivity index (χ0) is 37.4. The lowest BCUT2D eigenvalue weighted by Crippen LogP contribution is -2.34. The van der Waals surface area contributed by atoms with Crippen LogP contribution in [-0.4, -0.2) is 20.4 Å². The highest BCUT2D eigenvalue weighted by molar-refractivity contribution is 6.19. The normalized spacial score (nSPS) is 12.5. The minimum atomic E-state index is -0.353. The van der Waals surface area contributed by atoms with Gasteiger partial charge < -0.3 is 9.13 Å². The predicted octanol–water partition coefficient (Wildman–Crippen LogP) is 12.0. The Morgan fingerprint density at radius 1 is 0.464 bits per heavy atom. The van der Waals surface area contributed by atoms with Crippen LogP contribution in [-0.2, 0) is 6.54 Å². The van der Waals surface area contributed by atoms with E-state index >= 15 is 0 Å². The van der Waals surface area contributed by atoms with Crippen LogP contribution >= 0.6 is 0 Å². The SMILES string of the molecule is NN(Cc1ccccc1)C(N=Cc1ccccc1)c1ccc(-c2ccc(-n3c4ccccc4c4cc5c6ccccc6n(-c6ccccc6)c5cc43)cc2)cc1. The van der Waals surface area contributed by atoms with Gasteiger partial charge in [-0.2, -0.15) is 0 Å². The molecule has 0 saturated heterocycles. The molecule has 5 heteroatoms. The molecule has 0 amide bonds. The van der Waals surface area contributed by atoms with Gasteiger partial charge in [0.25, 0.3) is 0 Å². The molecule has 0 aliphatic heterocycles. The average Bonchev–Trinajstić information content (AvgIpc) is 3.76. The molecule has 5 nitrogen and oxygen atoms in total. The fourth-order valence-electron chi connectivity index (χ4n) is 8.15. The predicted molar refractivity (Wildman–Crippen MR) is 234 cm³/mol. The lowest BCUT2D eigenvalue weighted by atomic mass is 10.0. The van der Waals surface area contributed by atoms with Gasteiger partial charge in [-0.1, -0.05) is 152 Å². The third-order valence-corrected chi connectivity index (χ3v) is 10.8. The van der Waals surface area contributed by atoms with Gasteiger partial charge >= 0.3 is 0 Å². The fourth-order valence-corrected chi connectivity index (χ4v) is 8.15. The molecule has 10 rings (SSSR count). The van der Waals surface area contributed by atoms with E-state index in [0.717, 1.165) is 39.2 Å². The highest BCUT2D eigenvalue weighted by Gasteiger charge is 2.19. The van der Waals surface area contributed by atoms with E-state index in [0.29, 0.717) is 6.54 Å². The molecule has 8 aromatic carbocycles. The summed E-state index contributed by atoms with van der Waals surface area (Å²) in [5, 5.41) is 6.80. The summed E-state index contributed by atoms with van der Waals surface area (Å²) in [7, 11) is 0. The summed E-state index contributed by atoms with van der Waals surface area (Å²) in [6.07, 6.45) is 1.55. The highest BCUT2D eigenvalue weighted by atomic mass is 15.5. The molecule has 0 aliphatic carbocycles. The molecule has 0 bridgehead atoms. The summed E-state index contributed by atoms with van der Waals surface area (Å²) in [4.78, 5) is 4.98. The van der Waals surface area contributed by atoms with Crippen LogP contribution in [0, 0.1) is 0 Å². The van der Waals surface area contributed by atoms with E-state index in [2.05, 4.69) is 173 Å². The number of aliphatic imine (C=N–C) groups is 1. The second kappa shape index (κ2) is 14.3. The summed E-state index contributed by atoms with van der Waals surface area (Å²) in [6.45, 7) is 0.573. The van der Waals surface area contributed by atoms with E-state index in [1.807, 2.05) is 42.6 Å². The first-order valence-corrected chi connectivity index (χ1v) is 19.1. The quantitative estimate of drug-likeness (QED) is 0.0916. The minimum Gasteiger partial charge on any atom is -0.309 e. The highest BCUT2D eigenvalue weighted by Crippen LogP contribution is 2.40. The van der Waals surface area contributed by atoms with Gasteiger partial charge in [-0.05, 0) is 76.3 Å². The van der Waals surface area contributed by atoms with Gasteiger partial charge in [-0.25, -0.2) is 5.01 Å². The van der Waals surface area contributed by atoms with Crippen molar-refractivity contribution in [1.29, 1.82) is 0 Å². The van der Waals surface area contributed by atoms with Gasteiger partial charge in [0.05, 0.1) is 22.1 Å². The Kier molecular flexibility index (Phi) is 8.56. The Bertz CT molecular complexity index is 2980. The first-order chi connectivity index (χ1) is 27.7. The van der Waals surface area contributed by atoms with Crippen LogP contribution in [0.3, 0.4) is 0 Å². The summed E-state index contributed by atoms with van der Waals surface area (Å²) >= 11 is 0. The van der Waals surface area contributed by atoms with Gasteiger partial charge in [0.15, 0.2) is 0 Å². The van der Waals surface area contributed by atoms with E-state index in [1.165, 1.54) is 43.6 Å². The number of hydrogen-bond acceptors (Lipinski definition) is 3. The van der Waals surface area contributed by atoms with Crippen LogP contribution < -0.4 is 5.84 Å². The van der Waals surface area contributed by atoms with Crippen molar-refractivity contribution in [2.75, 3.05) is 0 Å². The molecule has 2 aromatic heterocycles. The lowest BCUT2D eigenvalue weighted by molar-refractivity contribution is 0.199. The maximum absolute atomic E-state index is 6.74. The Morgan fingerprint density at radius 2 is 0.946 bits per heavy atom. The van der Waals surface area contributed by atoms with Crippen molar-refractivity contribution < 1.29 is 0 Å². The number of nitrogens with zero attached hydrogens (tertiary/aromatic N) is 4. The number of rotatable bonds is 9. The molecule has 1 unspecified atom stereocenters. The number of hydrogen-bond donors (Lipinski definition) is 1. The molecule has 2 heterocycles. The van der Waals surface area contributed by atoms with Crippen LogP contribution in [0.2, 0.25) is 0 Å². The van der Waals surface area contributed by atoms with Crippen molar-refractivity contribution in [1.82, 2.24) is 14.1 Å². The van der Waals surface area contributed by atoms with Crippen molar-refractivity contribution in [3.63, 3.8) is 0 Å². The van der Waals surface area contributed by atoms with Crippen LogP contribution in [0.25, 0.3) is 66.1 Å². The molecule has 2 N–H and O–H groups in total. The summed E-state index contributed by atoms with van der Waals surface area (Å²) in [5.41, 5.74) is 12.5. The molecule has 0 spiro atoms. The van der Waals surface area contributed by atoms with Crippen LogP contribution in [0.15, 0.2) is 205 Å². The Morgan fingerprint density at radius 3 is 1.54 bits per heavy atom. The first-order valence-electron chi connectivity index (χ1n) is 19.1. The standard InChI is InChI=1S/C51H39N5/c52-54(35-37-16-6-2-7-17-37)51(53-34-36-14-4-1-5-15-36)40-26-24-38(25-27-40)39-28-30-42(31-29-39)56-48-23-13-11-21-44(48)46-32-45-43-20-10-12-22-47(43)55(49(45)33-50(46)56)41-18-8-3-9-19-41/h1-34,51H,35,52H2. The van der Waals surface area contributed by atoms with E-state index in [1.54, 1.807) is 5.01 Å². The van der Waals surface area contributed by atoms with Gasteiger partial charge in [0.2, 0.25) is 0 Å². The Labute approximate surface area is 325 Å². The molecule has 0 saturated carbocycles. The second-order valence-corrected chi connectivity index (χ2v) is 14.3. The van der Waals surface area contributed by atoms with Crippen LogP contribution in [0.4, 0.5) is 0 Å². The summed E-state index contributed by atoms with van der Waals surface area (Å²) in [6, 6.07) is 70.9. The summed E-state index contributed by atoms with van der Waals surface area (Å²) in [5.74, 6) is 6.74. The molecular formula is C51H39N5. The zero-order valence-electron chi connectivity index (χ0n) is 30.8. The molecule has 1 atom stereocenters. The van der Waals surface area contributed by atoms with Gasteiger partial charge in [0.1, 0.15) is 6.17 Å². The van der Waals surface area contributed by atoms with Gasteiger partial charge in [0, 0.05) is 45.7 Å². The van der Waals surface area contributed by atoms with Crippen molar-refractivity contribution in [2.45, 2.75) is 12.7 Å². The summed E-state index contributed by atoms with van der Waals surface area (Å²) < 4.78 is 4.80. The van der Waals surface area contributed by atoms with E-state index in [-0.39, 0.29) is 6.17 Å². The van der Waals surface area contributed by atoms with Crippen LogP contribution in [0.5, 0.6) is 0 Å². The molecular weight excluding hydrogens is 683 g/mol. The number of benzene rings is 8. The maximum Gasteiger partial charge on any atom is 0.140 e. The topological polar surface area (TPSA) is 51.5 Å². The van der Waals surface area contributed by atoms with Crippen molar-refractivity contribution in [3.8, 4) is 22.5 Å². The molecule has 0 aliphatic rings. The maximum atomic E-state index is 6.74. The number of fused-ring (bicyclic) bond motifs is 6. The van der Waals surface area contributed by atoms with Crippen LogP contribution in [0.1, 0.15) is 22.9 Å². The second-order valence-electron chi connectivity index (χ2n) is 14.3. The molecule has 56 heavy (non-hydrogen) atoms. The van der Waals surface area contributed by atoms with Gasteiger partial charge in [-0.15, -0.1) is 0 Å².